The van der Waals surface area contributed by atoms with Gasteiger partial charge in [0.1, 0.15) is 0 Å². The van der Waals surface area contributed by atoms with Crippen molar-refractivity contribution in [3.63, 3.8) is 0 Å². The summed E-state index contributed by atoms with van der Waals surface area (Å²) in [4.78, 5) is 4.31. The fraction of sp³-hybridized carbons (Fsp3) is 0.474. The number of nitrogens with zero attached hydrogens (tertiary/aromatic N) is 3. The number of nitrogens with one attached hydrogen (secondary N) is 2. The third-order valence-electron chi connectivity index (χ3n) is 4.17. The Labute approximate surface area is 145 Å². The maximum Gasteiger partial charge on any atom is 0.191 e. The zero-order valence-electron chi connectivity index (χ0n) is 15.2. The Morgan fingerprint density at radius 3 is 2.58 bits per heavy atom. The van der Waals surface area contributed by atoms with Gasteiger partial charge in [-0.2, -0.15) is 5.10 Å². The summed E-state index contributed by atoms with van der Waals surface area (Å²) in [5.41, 5.74) is 2.66. The van der Waals surface area contributed by atoms with Crippen LogP contribution in [-0.2, 0) is 12.0 Å². The maximum absolute atomic E-state index is 4.31. The predicted octanol–water partition coefficient (Wildman–Crippen LogP) is 2.72. The van der Waals surface area contributed by atoms with Crippen molar-refractivity contribution in [3.05, 3.63) is 53.9 Å². The lowest BCUT2D eigenvalue weighted by Crippen LogP contribution is -2.43. The molecule has 0 atom stereocenters. The molecule has 0 radical (unpaired) electrons. The molecule has 2 N–H and O–H groups in total. The second kappa shape index (κ2) is 8.52. The summed E-state index contributed by atoms with van der Waals surface area (Å²) in [5, 5.41) is 11.0. The van der Waals surface area contributed by atoms with E-state index in [9.17, 15) is 0 Å². The molecule has 0 unspecified atom stereocenters. The number of aliphatic imine (C=N–C) groups is 1. The van der Waals surface area contributed by atoms with Crippen LogP contribution >= 0.6 is 0 Å². The Hall–Kier alpha value is -2.30. The minimum absolute atomic E-state index is 0.0420. The molecule has 2 rings (SSSR count). The Morgan fingerprint density at radius 2 is 1.96 bits per heavy atom. The first-order valence-corrected chi connectivity index (χ1v) is 8.50. The van der Waals surface area contributed by atoms with Gasteiger partial charge in [-0.15, -0.1) is 0 Å². The van der Waals surface area contributed by atoms with Crippen molar-refractivity contribution >= 4 is 5.96 Å². The van der Waals surface area contributed by atoms with Gasteiger partial charge in [0, 0.05) is 44.5 Å². The van der Waals surface area contributed by atoms with Gasteiger partial charge in [-0.1, -0.05) is 43.7 Å². The molecule has 0 aliphatic carbocycles. The van der Waals surface area contributed by atoms with Gasteiger partial charge < -0.3 is 10.6 Å². The summed E-state index contributed by atoms with van der Waals surface area (Å²) in [6.07, 6.45) is 4.79. The van der Waals surface area contributed by atoms with Crippen molar-refractivity contribution in [3.8, 4) is 0 Å². The number of aryl methyl sites for hydroxylation is 2. The van der Waals surface area contributed by atoms with Gasteiger partial charge >= 0.3 is 0 Å². The number of hydrogen-bond acceptors (Lipinski definition) is 2. The Balaban J connectivity index is 1.76. The van der Waals surface area contributed by atoms with E-state index in [1.807, 2.05) is 24.0 Å². The van der Waals surface area contributed by atoms with Crippen LogP contribution < -0.4 is 10.6 Å². The molecule has 1 aromatic heterocycles. The van der Waals surface area contributed by atoms with Gasteiger partial charge in [-0.05, 0) is 25.0 Å². The second-order valence-electron chi connectivity index (χ2n) is 6.73. The smallest absolute Gasteiger partial charge is 0.191 e. The number of guanidine groups is 1. The Bertz CT molecular complexity index is 626. The van der Waals surface area contributed by atoms with Crippen molar-refractivity contribution in [2.24, 2.45) is 4.99 Å². The van der Waals surface area contributed by atoms with Gasteiger partial charge in [0.25, 0.3) is 0 Å². The van der Waals surface area contributed by atoms with E-state index >= 15 is 0 Å². The van der Waals surface area contributed by atoms with Gasteiger partial charge in [0.05, 0.1) is 0 Å². The first-order chi connectivity index (χ1) is 11.5. The van der Waals surface area contributed by atoms with Gasteiger partial charge in [-0.3, -0.25) is 9.67 Å². The number of aromatic nitrogens is 2. The normalized spacial score (nSPS) is 12.2. The van der Waals surface area contributed by atoms with Crippen molar-refractivity contribution in [2.75, 3.05) is 20.1 Å². The summed E-state index contributed by atoms with van der Waals surface area (Å²) in [5.74, 6) is 0.843. The molecular formula is C19H29N5. The van der Waals surface area contributed by atoms with Crippen molar-refractivity contribution in [2.45, 2.75) is 39.2 Å². The average molecular weight is 327 g/mol. The minimum Gasteiger partial charge on any atom is -0.356 e. The second-order valence-corrected chi connectivity index (χ2v) is 6.73. The van der Waals surface area contributed by atoms with E-state index in [2.05, 4.69) is 65.8 Å². The summed E-state index contributed by atoms with van der Waals surface area (Å²) in [6, 6.07) is 10.7. The van der Waals surface area contributed by atoms with Crippen molar-refractivity contribution in [1.29, 1.82) is 0 Å². The molecule has 0 spiro atoms. The highest BCUT2D eigenvalue weighted by Gasteiger charge is 2.20. The predicted molar refractivity (Wildman–Crippen MR) is 100 cm³/mol. The summed E-state index contributed by atoms with van der Waals surface area (Å²) in [6.45, 7) is 9.21. The lowest BCUT2D eigenvalue weighted by atomic mass is 9.84. The van der Waals surface area contributed by atoms with E-state index in [0.717, 1.165) is 32.0 Å². The summed E-state index contributed by atoms with van der Waals surface area (Å²) in [7, 11) is 1.81. The van der Waals surface area contributed by atoms with Gasteiger partial charge in [0.2, 0.25) is 0 Å². The largest absolute Gasteiger partial charge is 0.356 e. The van der Waals surface area contributed by atoms with E-state index in [1.165, 1.54) is 11.1 Å². The molecule has 0 saturated carbocycles. The molecule has 0 amide bonds. The highest BCUT2D eigenvalue weighted by Crippen LogP contribution is 2.22. The first-order valence-electron chi connectivity index (χ1n) is 8.50. The Morgan fingerprint density at radius 1 is 1.21 bits per heavy atom. The fourth-order valence-electron chi connectivity index (χ4n) is 2.51. The minimum atomic E-state index is 0.0420. The lowest BCUT2D eigenvalue weighted by molar-refractivity contribution is 0.506. The molecule has 0 fully saturated rings. The monoisotopic (exact) mass is 327 g/mol. The maximum atomic E-state index is 4.31. The van der Waals surface area contributed by atoms with Crippen LogP contribution in [0.25, 0.3) is 0 Å². The molecule has 130 valence electrons. The fourth-order valence-corrected chi connectivity index (χ4v) is 2.51. The standard InChI is InChI=1S/C19H29N5/c1-16-7-9-17(10-8-16)19(2,3)15-22-18(20-4)21-11-5-13-24-14-6-12-23-24/h6-10,12,14H,5,11,13,15H2,1-4H3,(H2,20,21,22). The third-order valence-corrected chi connectivity index (χ3v) is 4.17. The molecule has 0 aliphatic heterocycles. The van der Waals surface area contributed by atoms with Crippen LogP contribution in [0.1, 0.15) is 31.4 Å². The van der Waals surface area contributed by atoms with Crippen molar-refractivity contribution in [1.82, 2.24) is 20.4 Å². The first kappa shape index (κ1) is 18.0. The van der Waals surface area contributed by atoms with Crippen molar-refractivity contribution < 1.29 is 0 Å². The molecule has 5 nitrogen and oxygen atoms in total. The van der Waals surface area contributed by atoms with E-state index in [4.69, 9.17) is 0 Å². The van der Waals surface area contributed by atoms with Crippen LogP contribution in [0.15, 0.2) is 47.7 Å². The van der Waals surface area contributed by atoms with E-state index < -0.39 is 0 Å². The Kier molecular flexibility index (Phi) is 6.41. The molecule has 1 aromatic carbocycles. The van der Waals surface area contributed by atoms with E-state index in [-0.39, 0.29) is 5.41 Å². The van der Waals surface area contributed by atoms with Crippen LogP contribution in [0, 0.1) is 6.92 Å². The zero-order chi connectivity index (χ0) is 17.4. The SMILES string of the molecule is CN=C(NCCCn1cccn1)NCC(C)(C)c1ccc(C)cc1. The third kappa shape index (κ3) is 5.41. The molecule has 0 aliphatic rings. The van der Waals surface area contributed by atoms with E-state index in [1.54, 1.807) is 6.20 Å². The molecule has 1 heterocycles. The van der Waals surface area contributed by atoms with Crippen LogP contribution in [0.2, 0.25) is 0 Å². The molecule has 0 saturated heterocycles. The molecule has 0 bridgehead atoms. The molecule has 5 heteroatoms. The molecule has 24 heavy (non-hydrogen) atoms. The number of hydrogen-bond donors (Lipinski definition) is 2. The topological polar surface area (TPSA) is 54.2 Å². The van der Waals surface area contributed by atoms with Crippen LogP contribution in [0.4, 0.5) is 0 Å². The molecular weight excluding hydrogens is 298 g/mol. The highest BCUT2D eigenvalue weighted by molar-refractivity contribution is 5.79. The zero-order valence-corrected chi connectivity index (χ0v) is 15.2. The van der Waals surface area contributed by atoms with Crippen LogP contribution in [0.3, 0.4) is 0 Å². The van der Waals surface area contributed by atoms with Crippen LogP contribution in [0.5, 0.6) is 0 Å². The number of benzene rings is 1. The summed E-state index contributed by atoms with van der Waals surface area (Å²) >= 11 is 0. The summed E-state index contributed by atoms with van der Waals surface area (Å²) < 4.78 is 1.94. The average Bonchev–Trinajstić information content (AvgIpc) is 3.08. The van der Waals surface area contributed by atoms with Gasteiger partial charge in [-0.25, -0.2) is 0 Å². The van der Waals surface area contributed by atoms with Gasteiger partial charge in [0.15, 0.2) is 5.96 Å². The quantitative estimate of drug-likeness (QED) is 0.467. The molecule has 2 aromatic rings. The highest BCUT2D eigenvalue weighted by atomic mass is 15.3. The van der Waals surface area contributed by atoms with E-state index in [0.29, 0.717) is 0 Å². The van der Waals surface area contributed by atoms with Crippen LogP contribution in [-0.4, -0.2) is 35.9 Å². The lowest BCUT2D eigenvalue weighted by Gasteiger charge is -2.27. The number of rotatable bonds is 7.